The van der Waals surface area contributed by atoms with Crippen LogP contribution >= 0.6 is 0 Å². The van der Waals surface area contributed by atoms with Crippen molar-refractivity contribution in [3.05, 3.63) is 0 Å². The molecule has 1 aliphatic heterocycles. The summed E-state index contributed by atoms with van der Waals surface area (Å²) in [6.07, 6.45) is -0.647. The topological polar surface area (TPSA) is 85.9 Å². The largest absolute Gasteiger partial charge is 0.593 e. The number of amides is 2. The number of carbonyl (C=O) groups excluding carboxylic acids is 2. The summed E-state index contributed by atoms with van der Waals surface area (Å²) < 4.78 is 16.3. The standard InChI is InChI=1S/C13H25BN2O5/c1-11(2,3)19-10(18)15-8-9(17)16-14-20-12(4,5)13(6,7)21-14/h8H2,1-7H3,(H,15,18)(H,16,17). The zero-order chi connectivity index (χ0) is 16.5. The molecular formula is C13H25BN2O5. The lowest BCUT2D eigenvalue weighted by molar-refractivity contribution is -0.119. The summed E-state index contributed by atoms with van der Waals surface area (Å²) in [5.41, 5.74) is -1.65. The lowest BCUT2D eigenvalue weighted by atomic mass is 9.90. The van der Waals surface area contributed by atoms with E-state index in [2.05, 4.69) is 10.5 Å². The second-order valence-corrected chi connectivity index (χ2v) is 7.01. The smallest absolute Gasteiger partial charge is 0.444 e. The molecule has 120 valence electrons. The maximum Gasteiger partial charge on any atom is 0.593 e. The van der Waals surface area contributed by atoms with Crippen LogP contribution in [0.2, 0.25) is 0 Å². The highest BCUT2D eigenvalue weighted by molar-refractivity contribution is 6.46. The molecule has 2 N–H and O–H groups in total. The summed E-state index contributed by atoms with van der Waals surface area (Å²) >= 11 is 0. The number of hydrogen-bond acceptors (Lipinski definition) is 5. The summed E-state index contributed by atoms with van der Waals surface area (Å²) in [4.78, 5) is 23.2. The van der Waals surface area contributed by atoms with Gasteiger partial charge in [-0.05, 0) is 48.5 Å². The van der Waals surface area contributed by atoms with Gasteiger partial charge < -0.3 is 24.6 Å². The molecule has 0 spiro atoms. The second kappa shape index (κ2) is 5.85. The van der Waals surface area contributed by atoms with Gasteiger partial charge in [0.25, 0.3) is 0 Å². The maximum atomic E-state index is 11.7. The summed E-state index contributed by atoms with van der Waals surface area (Å²) in [6.45, 7) is 12.6. The normalized spacial score (nSPS) is 20.0. The molecule has 7 nitrogen and oxygen atoms in total. The number of ether oxygens (including phenoxy) is 1. The number of hydrogen-bond donors (Lipinski definition) is 2. The Bertz CT molecular complexity index is 401. The third-order valence-electron chi connectivity index (χ3n) is 3.32. The lowest BCUT2D eigenvalue weighted by Gasteiger charge is -2.32. The molecule has 1 rings (SSSR count). The summed E-state index contributed by atoms with van der Waals surface area (Å²) in [5, 5.41) is 4.92. The summed E-state index contributed by atoms with van der Waals surface area (Å²) in [7, 11) is -0.831. The average Bonchev–Trinajstić information content (AvgIpc) is 2.41. The van der Waals surface area contributed by atoms with Gasteiger partial charge in [0.05, 0.1) is 17.7 Å². The van der Waals surface area contributed by atoms with E-state index < -0.39 is 36.1 Å². The quantitative estimate of drug-likeness (QED) is 0.765. The molecule has 1 saturated heterocycles. The van der Waals surface area contributed by atoms with Crippen LogP contribution in [0.4, 0.5) is 4.79 Å². The Morgan fingerprint density at radius 3 is 2.00 bits per heavy atom. The van der Waals surface area contributed by atoms with Crippen molar-refractivity contribution in [3.8, 4) is 0 Å². The van der Waals surface area contributed by atoms with Crippen molar-refractivity contribution in [2.45, 2.75) is 65.3 Å². The molecular weight excluding hydrogens is 275 g/mol. The van der Waals surface area contributed by atoms with Crippen molar-refractivity contribution in [2.75, 3.05) is 6.54 Å². The molecule has 0 aromatic carbocycles. The SMILES string of the molecule is CC(C)(C)OC(=O)NCC(=O)NB1OC(C)(C)C(C)(C)O1. The molecule has 2 amide bonds. The molecule has 1 fully saturated rings. The zero-order valence-corrected chi connectivity index (χ0v) is 13.8. The van der Waals surface area contributed by atoms with Gasteiger partial charge in [0.1, 0.15) is 5.60 Å². The van der Waals surface area contributed by atoms with Crippen LogP contribution in [0.5, 0.6) is 0 Å². The Morgan fingerprint density at radius 1 is 1.10 bits per heavy atom. The second-order valence-electron chi connectivity index (χ2n) is 7.01. The molecule has 1 heterocycles. The fourth-order valence-electron chi connectivity index (χ4n) is 1.55. The average molecular weight is 300 g/mol. The maximum absolute atomic E-state index is 11.7. The fourth-order valence-corrected chi connectivity index (χ4v) is 1.55. The third kappa shape index (κ3) is 5.20. The molecule has 0 bridgehead atoms. The molecule has 1 aliphatic rings. The fraction of sp³-hybridized carbons (Fsp3) is 0.846. The van der Waals surface area contributed by atoms with E-state index in [4.69, 9.17) is 14.0 Å². The molecule has 21 heavy (non-hydrogen) atoms. The van der Waals surface area contributed by atoms with Gasteiger partial charge in [0.2, 0.25) is 5.91 Å². The number of rotatable bonds is 3. The van der Waals surface area contributed by atoms with Crippen molar-refractivity contribution in [2.24, 2.45) is 0 Å². The van der Waals surface area contributed by atoms with Gasteiger partial charge in [-0.15, -0.1) is 0 Å². The van der Waals surface area contributed by atoms with E-state index in [1.54, 1.807) is 20.8 Å². The Kier molecular flexibility index (Phi) is 4.95. The predicted octanol–water partition coefficient (Wildman–Crippen LogP) is 1.22. The number of nitrogens with one attached hydrogen (secondary N) is 2. The van der Waals surface area contributed by atoms with Crippen LogP contribution in [-0.2, 0) is 18.8 Å². The molecule has 8 heteroatoms. The minimum Gasteiger partial charge on any atom is -0.444 e. The van der Waals surface area contributed by atoms with E-state index in [-0.39, 0.29) is 6.54 Å². The molecule has 0 aromatic rings. The van der Waals surface area contributed by atoms with E-state index in [1.807, 2.05) is 27.7 Å². The van der Waals surface area contributed by atoms with Gasteiger partial charge in [-0.2, -0.15) is 0 Å². The van der Waals surface area contributed by atoms with Gasteiger partial charge in [-0.1, -0.05) is 0 Å². The van der Waals surface area contributed by atoms with Gasteiger partial charge in [-0.25, -0.2) is 4.79 Å². The Morgan fingerprint density at radius 2 is 1.57 bits per heavy atom. The van der Waals surface area contributed by atoms with Gasteiger partial charge in [0.15, 0.2) is 0 Å². The highest BCUT2D eigenvalue weighted by Gasteiger charge is 2.52. The molecule has 0 saturated carbocycles. The minimum absolute atomic E-state index is 0.209. The molecule has 0 unspecified atom stereocenters. The Hall–Kier alpha value is -1.28. The van der Waals surface area contributed by atoms with Gasteiger partial charge in [0, 0.05) is 0 Å². The third-order valence-corrected chi connectivity index (χ3v) is 3.32. The first-order valence-electron chi connectivity index (χ1n) is 6.94. The van der Waals surface area contributed by atoms with Crippen molar-refractivity contribution in [1.29, 1.82) is 0 Å². The first kappa shape index (κ1) is 17.8. The van der Waals surface area contributed by atoms with Crippen LogP contribution in [0.15, 0.2) is 0 Å². The van der Waals surface area contributed by atoms with Crippen LogP contribution < -0.4 is 10.5 Å². The van der Waals surface area contributed by atoms with Crippen LogP contribution in [0.25, 0.3) is 0 Å². The van der Waals surface area contributed by atoms with Crippen LogP contribution in [0, 0.1) is 0 Å². The molecule has 0 atom stereocenters. The van der Waals surface area contributed by atoms with E-state index in [9.17, 15) is 9.59 Å². The monoisotopic (exact) mass is 300 g/mol. The Labute approximate surface area is 126 Å². The van der Waals surface area contributed by atoms with Crippen molar-refractivity contribution >= 4 is 19.3 Å². The van der Waals surface area contributed by atoms with E-state index in [1.165, 1.54) is 0 Å². The molecule has 0 aliphatic carbocycles. The van der Waals surface area contributed by atoms with Crippen LogP contribution in [0.1, 0.15) is 48.5 Å². The lowest BCUT2D eigenvalue weighted by Crippen LogP contribution is -2.47. The summed E-state index contributed by atoms with van der Waals surface area (Å²) in [5.74, 6) is -0.417. The van der Waals surface area contributed by atoms with Crippen molar-refractivity contribution < 1.29 is 23.6 Å². The van der Waals surface area contributed by atoms with Gasteiger partial charge in [-0.3, -0.25) is 4.79 Å². The molecule has 0 radical (unpaired) electrons. The number of carbonyl (C=O) groups is 2. The molecule has 0 aromatic heterocycles. The van der Waals surface area contributed by atoms with Crippen LogP contribution in [-0.4, -0.2) is 42.6 Å². The van der Waals surface area contributed by atoms with E-state index in [0.29, 0.717) is 0 Å². The van der Waals surface area contributed by atoms with Crippen molar-refractivity contribution in [3.63, 3.8) is 0 Å². The highest BCUT2D eigenvalue weighted by Crippen LogP contribution is 2.35. The predicted molar refractivity (Wildman–Crippen MR) is 78.5 cm³/mol. The Balaban J connectivity index is 2.38. The van der Waals surface area contributed by atoms with Crippen LogP contribution in [0.3, 0.4) is 0 Å². The highest BCUT2D eigenvalue weighted by atomic mass is 16.7. The number of alkyl carbamates (subject to hydrolysis) is 1. The van der Waals surface area contributed by atoms with Crippen molar-refractivity contribution in [1.82, 2.24) is 10.5 Å². The summed E-state index contributed by atoms with van der Waals surface area (Å²) in [6, 6.07) is 0. The first-order chi connectivity index (χ1) is 9.32. The first-order valence-corrected chi connectivity index (χ1v) is 6.94. The van der Waals surface area contributed by atoms with Gasteiger partial charge >= 0.3 is 13.3 Å². The van der Waals surface area contributed by atoms with E-state index >= 15 is 0 Å². The zero-order valence-electron chi connectivity index (χ0n) is 13.8. The van der Waals surface area contributed by atoms with E-state index in [0.717, 1.165) is 0 Å². The minimum atomic E-state index is -0.831.